The van der Waals surface area contributed by atoms with Crippen molar-refractivity contribution in [2.45, 2.75) is 0 Å². The van der Waals surface area contributed by atoms with Crippen molar-refractivity contribution in [1.29, 1.82) is 10.5 Å². The summed E-state index contributed by atoms with van der Waals surface area (Å²) in [6.45, 7) is 0. The summed E-state index contributed by atoms with van der Waals surface area (Å²) in [6.07, 6.45) is 0. The molecular formula is C20H11N5O. The summed E-state index contributed by atoms with van der Waals surface area (Å²) in [5, 5.41) is 23.4. The Kier molecular flexibility index (Phi) is 3.78. The highest BCUT2D eigenvalue weighted by Gasteiger charge is 2.09. The highest BCUT2D eigenvalue weighted by atomic mass is 16.3. The van der Waals surface area contributed by atoms with E-state index < -0.39 is 0 Å². The molecule has 4 aromatic rings. The van der Waals surface area contributed by atoms with Crippen LogP contribution in [0.4, 0.5) is 5.69 Å². The maximum atomic E-state index is 8.71. The Morgan fingerprint density at radius 1 is 0.962 bits per heavy atom. The van der Waals surface area contributed by atoms with E-state index in [9.17, 15) is 0 Å². The number of hydrogen-bond acceptors (Lipinski definition) is 6. The third-order valence-corrected chi connectivity index (χ3v) is 3.89. The summed E-state index contributed by atoms with van der Waals surface area (Å²) in [5.41, 5.74) is 5.23. The van der Waals surface area contributed by atoms with Gasteiger partial charge in [0.1, 0.15) is 17.7 Å². The number of nitrogens with zero attached hydrogens (tertiary/aromatic N) is 4. The molecule has 1 N–H and O–H groups in total. The van der Waals surface area contributed by atoms with Crippen molar-refractivity contribution < 1.29 is 4.42 Å². The lowest BCUT2D eigenvalue weighted by atomic mass is 10.1. The van der Waals surface area contributed by atoms with E-state index in [2.05, 4.69) is 21.6 Å². The molecule has 0 saturated carbocycles. The highest BCUT2D eigenvalue weighted by molar-refractivity contribution is 6.10. The number of fused-ring (bicyclic) bond motifs is 2. The smallest absolute Gasteiger partial charge is 0.237 e. The van der Waals surface area contributed by atoms with E-state index in [0.29, 0.717) is 22.7 Å². The Labute approximate surface area is 148 Å². The van der Waals surface area contributed by atoms with Gasteiger partial charge in [0.25, 0.3) is 0 Å². The molecule has 26 heavy (non-hydrogen) atoms. The van der Waals surface area contributed by atoms with Gasteiger partial charge in [0.2, 0.25) is 11.6 Å². The molecular weight excluding hydrogens is 326 g/mol. The van der Waals surface area contributed by atoms with Crippen molar-refractivity contribution in [1.82, 2.24) is 4.98 Å². The van der Waals surface area contributed by atoms with Crippen LogP contribution in [-0.2, 0) is 0 Å². The van der Waals surface area contributed by atoms with Crippen LogP contribution in [0, 0.1) is 22.7 Å². The second kappa shape index (κ2) is 6.39. The molecule has 0 radical (unpaired) electrons. The molecule has 0 saturated heterocycles. The lowest BCUT2D eigenvalue weighted by Crippen LogP contribution is -1.95. The maximum absolute atomic E-state index is 8.71. The van der Waals surface area contributed by atoms with Crippen LogP contribution < -0.4 is 5.43 Å². The number of hydrazone groups is 1. The first kappa shape index (κ1) is 15.4. The van der Waals surface area contributed by atoms with Crippen LogP contribution in [0.15, 0.2) is 70.2 Å². The number of benzene rings is 3. The molecule has 0 aliphatic carbocycles. The van der Waals surface area contributed by atoms with Crippen molar-refractivity contribution in [3.05, 3.63) is 60.7 Å². The fourth-order valence-electron chi connectivity index (χ4n) is 2.64. The van der Waals surface area contributed by atoms with Crippen LogP contribution in [-0.4, -0.2) is 10.7 Å². The van der Waals surface area contributed by atoms with Gasteiger partial charge < -0.3 is 4.42 Å². The second-order valence-corrected chi connectivity index (χ2v) is 5.56. The van der Waals surface area contributed by atoms with Crippen LogP contribution in [0.5, 0.6) is 0 Å². The van der Waals surface area contributed by atoms with Gasteiger partial charge in [-0.1, -0.05) is 30.3 Å². The Hall–Kier alpha value is -4.16. The largest absolute Gasteiger partial charge is 0.436 e. The molecule has 1 aromatic heterocycles. The zero-order chi connectivity index (χ0) is 17.9. The summed E-state index contributed by atoms with van der Waals surface area (Å²) in [5.74, 6) is 0.529. The summed E-state index contributed by atoms with van der Waals surface area (Å²) >= 11 is 0. The van der Waals surface area contributed by atoms with Gasteiger partial charge in [-0.2, -0.15) is 15.6 Å². The molecule has 0 aliphatic rings. The van der Waals surface area contributed by atoms with Crippen LogP contribution in [0.3, 0.4) is 0 Å². The van der Waals surface area contributed by atoms with Crippen LogP contribution >= 0.6 is 0 Å². The number of aromatic nitrogens is 1. The number of rotatable bonds is 3. The van der Waals surface area contributed by atoms with Gasteiger partial charge in [0, 0.05) is 5.56 Å². The molecule has 122 valence electrons. The van der Waals surface area contributed by atoms with E-state index in [1.807, 2.05) is 36.4 Å². The molecule has 1 heterocycles. The minimum absolute atomic E-state index is 0.248. The maximum Gasteiger partial charge on any atom is 0.237 e. The predicted molar refractivity (Wildman–Crippen MR) is 99.2 cm³/mol. The van der Waals surface area contributed by atoms with Crippen LogP contribution in [0.2, 0.25) is 0 Å². The van der Waals surface area contributed by atoms with Gasteiger partial charge in [0.05, 0.1) is 5.69 Å². The molecule has 0 atom stereocenters. The zero-order valence-electron chi connectivity index (χ0n) is 13.5. The van der Waals surface area contributed by atoms with Gasteiger partial charge >= 0.3 is 0 Å². The SMILES string of the molecule is N#CC(C#N)=NNc1ccc2oc(-c3ccc4ccccc4c3)nc2c1. The first-order valence-electron chi connectivity index (χ1n) is 7.80. The lowest BCUT2D eigenvalue weighted by Gasteiger charge is -1.99. The Bertz CT molecular complexity index is 1220. The minimum Gasteiger partial charge on any atom is -0.436 e. The van der Waals surface area contributed by atoms with Crippen molar-refractivity contribution >= 4 is 33.3 Å². The van der Waals surface area contributed by atoms with Crippen LogP contribution in [0.1, 0.15) is 0 Å². The summed E-state index contributed by atoms with van der Waals surface area (Å²) in [7, 11) is 0. The Morgan fingerprint density at radius 3 is 2.58 bits per heavy atom. The van der Waals surface area contributed by atoms with Crippen molar-refractivity contribution in [2.24, 2.45) is 5.10 Å². The molecule has 6 heteroatoms. The van der Waals surface area contributed by atoms with Crippen molar-refractivity contribution in [3.63, 3.8) is 0 Å². The average Bonchev–Trinajstić information content (AvgIpc) is 3.12. The molecule has 0 amide bonds. The molecule has 0 unspecified atom stereocenters. The van der Waals surface area contributed by atoms with Crippen LogP contribution in [0.25, 0.3) is 33.3 Å². The fraction of sp³-hybridized carbons (Fsp3) is 0. The minimum atomic E-state index is -0.248. The average molecular weight is 337 g/mol. The van der Waals surface area contributed by atoms with E-state index in [-0.39, 0.29) is 5.71 Å². The van der Waals surface area contributed by atoms with E-state index >= 15 is 0 Å². The van der Waals surface area contributed by atoms with Crippen molar-refractivity contribution in [2.75, 3.05) is 5.43 Å². The summed E-state index contributed by atoms with van der Waals surface area (Å²) < 4.78 is 5.85. The molecule has 0 bridgehead atoms. The van der Waals surface area contributed by atoms with Crippen molar-refractivity contribution in [3.8, 4) is 23.6 Å². The molecule has 0 fully saturated rings. The van der Waals surface area contributed by atoms with E-state index in [1.54, 1.807) is 30.3 Å². The van der Waals surface area contributed by atoms with Gasteiger partial charge in [-0.05, 0) is 41.1 Å². The third-order valence-electron chi connectivity index (χ3n) is 3.89. The van der Waals surface area contributed by atoms with Gasteiger partial charge in [0.15, 0.2) is 5.58 Å². The molecule has 3 aromatic carbocycles. The second-order valence-electron chi connectivity index (χ2n) is 5.56. The molecule has 0 spiro atoms. The Morgan fingerprint density at radius 2 is 1.77 bits per heavy atom. The van der Waals surface area contributed by atoms with E-state index in [4.69, 9.17) is 14.9 Å². The van der Waals surface area contributed by atoms with Gasteiger partial charge in [-0.15, -0.1) is 0 Å². The standard InChI is InChI=1S/C20H11N5O/c21-11-17(12-22)25-24-16-7-8-19-18(10-16)23-20(26-19)15-6-5-13-3-1-2-4-14(13)9-15/h1-10,24H. The summed E-state index contributed by atoms with van der Waals surface area (Å²) in [4.78, 5) is 4.53. The number of hydrogen-bond donors (Lipinski definition) is 1. The predicted octanol–water partition coefficient (Wildman–Crippen LogP) is 4.46. The molecule has 6 nitrogen and oxygen atoms in total. The first-order chi connectivity index (χ1) is 12.8. The number of nitriles is 2. The van der Waals surface area contributed by atoms with E-state index in [1.165, 1.54) is 0 Å². The molecule has 0 aliphatic heterocycles. The third kappa shape index (κ3) is 2.83. The normalized spacial score (nSPS) is 10.2. The zero-order valence-corrected chi connectivity index (χ0v) is 13.5. The number of anilines is 1. The number of oxazole rings is 1. The fourth-order valence-corrected chi connectivity index (χ4v) is 2.64. The lowest BCUT2D eigenvalue weighted by molar-refractivity contribution is 0.620. The highest BCUT2D eigenvalue weighted by Crippen LogP contribution is 2.28. The summed E-state index contributed by atoms with van der Waals surface area (Å²) in [6, 6.07) is 22.8. The quantitative estimate of drug-likeness (QED) is 0.439. The Balaban J connectivity index is 1.70. The molecule has 4 rings (SSSR count). The van der Waals surface area contributed by atoms with E-state index in [0.717, 1.165) is 16.3 Å². The van der Waals surface area contributed by atoms with Gasteiger partial charge in [-0.25, -0.2) is 4.98 Å². The van der Waals surface area contributed by atoms with Gasteiger partial charge in [-0.3, -0.25) is 5.43 Å². The topological polar surface area (TPSA) is 98.0 Å². The number of nitrogens with one attached hydrogen (secondary N) is 1. The monoisotopic (exact) mass is 337 g/mol. The first-order valence-corrected chi connectivity index (χ1v) is 7.80.